The average Bonchev–Trinajstić information content (AvgIpc) is 3.14. The van der Waals surface area contributed by atoms with Gasteiger partial charge in [-0.3, -0.25) is 9.59 Å². The minimum Gasteiger partial charge on any atom is -0.497 e. The number of benzene rings is 2. The predicted octanol–water partition coefficient (Wildman–Crippen LogP) is 2.91. The van der Waals surface area contributed by atoms with Gasteiger partial charge in [-0.2, -0.15) is 0 Å². The lowest BCUT2D eigenvalue weighted by atomic mass is 10.1. The van der Waals surface area contributed by atoms with Crippen LogP contribution in [-0.2, 0) is 19.1 Å². The van der Waals surface area contributed by atoms with Crippen LogP contribution in [0.4, 0.5) is 0 Å². The Morgan fingerprint density at radius 1 is 0.848 bits per heavy atom. The summed E-state index contributed by atoms with van der Waals surface area (Å²) in [6.45, 7) is 2.40. The van der Waals surface area contributed by atoms with Crippen molar-refractivity contribution in [2.45, 2.75) is 13.8 Å². The molecule has 0 N–H and O–H groups in total. The summed E-state index contributed by atoms with van der Waals surface area (Å²) in [6.07, 6.45) is 1.42. The lowest BCUT2D eigenvalue weighted by Gasteiger charge is -2.13. The summed E-state index contributed by atoms with van der Waals surface area (Å²) < 4.78 is 31.3. The van der Waals surface area contributed by atoms with Crippen molar-refractivity contribution in [3.05, 3.63) is 47.2 Å². The van der Waals surface area contributed by atoms with Gasteiger partial charge in [0.15, 0.2) is 17.2 Å². The molecule has 1 aliphatic rings. The fourth-order valence-electron chi connectivity index (χ4n) is 2.93. The Labute approximate surface area is 189 Å². The molecule has 172 valence electrons. The van der Waals surface area contributed by atoms with Crippen molar-refractivity contribution in [3.63, 3.8) is 0 Å². The third-order valence-corrected chi connectivity index (χ3v) is 4.28. The van der Waals surface area contributed by atoms with Crippen molar-refractivity contribution in [2.24, 2.45) is 4.99 Å². The van der Waals surface area contributed by atoms with Crippen LogP contribution in [0.3, 0.4) is 0 Å². The van der Waals surface area contributed by atoms with E-state index in [1.165, 1.54) is 53.4 Å². The van der Waals surface area contributed by atoms with Crippen LogP contribution in [0.1, 0.15) is 25.0 Å². The number of nitrogens with zero attached hydrogens (tertiary/aromatic N) is 1. The van der Waals surface area contributed by atoms with E-state index in [9.17, 15) is 14.4 Å². The molecule has 2 aromatic carbocycles. The molecule has 1 aliphatic heterocycles. The lowest BCUT2D eigenvalue weighted by Crippen LogP contribution is -2.08. The van der Waals surface area contributed by atoms with Crippen molar-refractivity contribution < 1.29 is 42.8 Å². The Morgan fingerprint density at radius 2 is 1.45 bits per heavy atom. The predicted molar refractivity (Wildman–Crippen MR) is 116 cm³/mol. The molecular formula is C23H21NO9. The SMILES string of the molecule is COc1cc(OC)cc(C2=NC(=Cc3cc(OC)c(OC(C)=O)c(OC(C)=O)c3)C(=O)O2)c1. The van der Waals surface area contributed by atoms with Gasteiger partial charge >= 0.3 is 17.9 Å². The van der Waals surface area contributed by atoms with Crippen molar-refractivity contribution in [2.75, 3.05) is 21.3 Å². The van der Waals surface area contributed by atoms with Crippen molar-refractivity contribution >= 4 is 29.9 Å². The molecular weight excluding hydrogens is 434 g/mol. The second-order valence-electron chi connectivity index (χ2n) is 6.68. The van der Waals surface area contributed by atoms with E-state index in [0.29, 0.717) is 22.6 Å². The van der Waals surface area contributed by atoms with Gasteiger partial charge in [0.05, 0.1) is 21.3 Å². The first-order valence-electron chi connectivity index (χ1n) is 9.59. The van der Waals surface area contributed by atoms with Gasteiger partial charge < -0.3 is 28.4 Å². The van der Waals surface area contributed by atoms with Gasteiger partial charge in [-0.05, 0) is 35.9 Å². The number of ether oxygens (including phenoxy) is 6. The summed E-state index contributed by atoms with van der Waals surface area (Å²) in [5, 5.41) is 0. The molecule has 0 saturated heterocycles. The van der Waals surface area contributed by atoms with Gasteiger partial charge in [0, 0.05) is 25.5 Å². The van der Waals surface area contributed by atoms with Gasteiger partial charge in [-0.1, -0.05) is 0 Å². The molecule has 0 amide bonds. The molecule has 0 aliphatic carbocycles. The molecule has 0 saturated carbocycles. The number of aliphatic imine (C=N–C) groups is 1. The van der Waals surface area contributed by atoms with E-state index < -0.39 is 17.9 Å². The van der Waals surface area contributed by atoms with Gasteiger partial charge in [0.25, 0.3) is 0 Å². The van der Waals surface area contributed by atoms with Gasteiger partial charge in [0.2, 0.25) is 11.6 Å². The largest absolute Gasteiger partial charge is 0.497 e. The molecule has 3 rings (SSSR count). The third-order valence-electron chi connectivity index (χ3n) is 4.28. The van der Waals surface area contributed by atoms with Crippen LogP contribution in [0.25, 0.3) is 6.08 Å². The lowest BCUT2D eigenvalue weighted by molar-refractivity contribution is -0.134. The second-order valence-corrected chi connectivity index (χ2v) is 6.68. The zero-order chi connectivity index (χ0) is 24.1. The Hall–Kier alpha value is -4.34. The monoisotopic (exact) mass is 455 g/mol. The number of hydrogen-bond acceptors (Lipinski definition) is 10. The van der Waals surface area contributed by atoms with E-state index in [-0.39, 0.29) is 28.8 Å². The smallest absolute Gasteiger partial charge is 0.363 e. The maximum absolute atomic E-state index is 12.4. The molecule has 10 nitrogen and oxygen atoms in total. The van der Waals surface area contributed by atoms with Crippen LogP contribution in [0.2, 0.25) is 0 Å². The molecule has 1 heterocycles. The minimum absolute atomic E-state index is 0.0112. The van der Waals surface area contributed by atoms with Crippen LogP contribution in [0, 0.1) is 0 Å². The van der Waals surface area contributed by atoms with Crippen LogP contribution < -0.4 is 23.7 Å². The van der Waals surface area contributed by atoms with Gasteiger partial charge in [0.1, 0.15) is 11.5 Å². The van der Waals surface area contributed by atoms with E-state index in [0.717, 1.165) is 0 Å². The summed E-state index contributed by atoms with van der Waals surface area (Å²) >= 11 is 0. The second kappa shape index (κ2) is 9.86. The van der Waals surface area contributed by atoms with Crippen LogP contribution in [-0.4, -0.2) is 45.1 Å². The summed E-state index contributed by atoms with van der Waals surface area (Å²) in [5.41, 5.74) is 0.855. The average molecular weight is 455 g/mol. The summed E-state index contributed by atoms with van der Waals surface area (Å²) in [7, 11) is 4.35. The normalized spacial score (nSPS) is 13.8. The van der Waals surface area contributed by atoms with E-state index in [1.807, 2.05) is 0 Å². The molecule has 0 radical (unpaired) electrons. The quantitative estimate of drug-likeness (QED) is 0.353. The topological polar surface area (TPSA) is 119 Å². The van der Waals surface area contributed by atoms with Crippen LogP contribution in [0.5, 0.6) is 28.7 Å². The highest BCUT2D eigenvalue weighted by Crippen LogP contribution is 2.40. The van der Waals surface area contributed by atoms with E-state index in [2.05, 4.69) is 4.99 Å². The fourth-order valence-corrected chi connectivity index (χ4v) is 2.93. The maximum atomic E-state index is 12.4. The summed E-state index contributed by atoms with van der Waals surface area (Å²) in [6, 6.07) is 7.86. The Balaban J connectivity index is 2.05. The number of esters is 3. The highest BCUT2D eigenvalue weighted by molar-refractivity contribution is 6.13. The molecule has 33 heavy (non-hydrogen) atoms. The molecule has 0 fully saturated rings. The highest BCUT2D eigenvalue weighted by atomic mass is 16.6. The van der Waals surface area contributed by atoms with E-state index in [4.69, 9.17) is 28.4 Å². The molecule has 0 atom stereocenters. The Bertz CT molecular complexity index is 1160. The first-order valence-corrected chi connectivity index (χ1v) is 9.59. The van der Waals surface area contributed by atoms with Crippen molar-refractivity contribution in [1.82, 2.24) is 0 Å². The number of carbonyl (C=O) groups excluding carboxylic acids is 3. The summed E-state index contributed by atoms with van der Waals surface area (Å²) in [5.74, 6) is -0.909. The Kier molecular flexibility index (Phi) is 6.97. The third kappa shape index (κ3) is 5.48. The van der Waals surface area contributed by atoms with Crippen LogP contribution in [0.15, 0.2) is 41.0 Å². The molecule has 0 aromatic heterocycles. The Morgan fingerprint density at radius 3 is 2.00 bits per heavy atom. The minimum atomic E-state index is -0.691. The molecule has 0 bridgehead atoms. The van der Waals surface area contributed by atoms with Crippen molar-refractivity contribution in [3.8, 4) is 28.7 Å². The van der Waals surface area contributed by atoms with Crippen LogP contribution >= 0.6 is 0 Å². The fraction of sp³-hybridized carbons (Fsp3) is 0.217. The van der Waals surface area contributed by atoms with Gasteiger partial charge in [-0.15, -0.1) is 0 Å². The molecule has 0 spiro atoms. The first kappa shape index (κ1) is 23.3. The van der Waals surface area contributed by atoms with Crippen molar-refractivity contribution in [1.29, 1.82) is 0 Å². The molecule has 0 unspecified atom stereocenters. The summed E-state index contributed by atoms with van der Waals surface area (Å²) in [4.78, 5) is 39.7. The number of carbonyl (C=O) groups is 3. The van der Waals surface area contributed by atoms with E-state index >= 15 is 0 Å². The molecule has 10 heteroatoms. The molecule has 2 aromatic rings. The number of rotatable bonds is 7. The zero-order valence-corrected chi connectivity index (χ0v) is 18.6. The maximum Gasteiger partial charge on any atom is 0.363 e. The standard InChI is InChI=1S/C23H21NO9/c1-12(25)31-20-8-14(7-19(30-5)21(20)32-13(2)26)6-18-23(27)33-22(24-18)15-9-16(28-3)11-17(10-15)29-4/h6-11H,1-5H3. The highest BCUT2D eigenvalue weighted by Gasteiger charge is 2.26. The van der Waals surface area contributed by atoms with E-state index in [1.54, 1.807) is 18.2 Å². The number of hydrogen-bond donors (Lipinski definition) is 0. The van der Waals surface area contributed by atoms with Gasteiger partial charge in [-0.25, -0.2) is 9.79 Å². The number of methoxy groups -OCH3 is 3. The number of cyclic esters (lactones) is 1. The first-order chi connectivity index (χ1) is 15.7. The zero-order valence-electron chi connectivity index (χ0n) is 18.6.